The Kier molecular flexibility index (Phi) is 4.21. The fourth-order valence-corrected chi connectivity index (χ4v) is 3.89. The normalized spacial score (nSPS) is 21.4. The van der Waals surface area contributed by atoms with E-state index in [-0.39, 0.29) is 0 Å². The van der Waals surface area contributed by atoms with Gasteiger partial charge in [-0.1, -0.05) is 26.2 Å². The Labute approximate surface area is 109 Å². The van der Waals surface area contributed by atoms with Crippen molar-refractivity contribution < 1.29 is 0 Å². The van der Waals surface area contributed by atoms with Gasteiger partial charge in [0.25, 0.3) is 0 Å². The van der Waals surface area contributed by atoms with Crippen LogP contribution in [0.15, 0.2) is 5.38 Å². The van der Waals surface area contributed by atoms with Gasteiger partial charge in [-0.3, -0.25) is 0 Å². The number of hydrogen-bond acceptors (Lipinski definition) is 3. The van der Waals surface area contributed by atoms with Gasteiger partial charge in [0.05, 0.1) is 5.01 Å². The predicted molar refractivity (Wildman–Crippen MR) is 74.6 cm³/mol. The van der Waals surface area contributed by atoms with Crippen LogP contribution in [0, 0.1) is 12.3 Å². The number of rotatable bonds is 4. The first kappa shape index (κ1) is 13.0. The second-order valence-corrected chi connectivity index (χ2v) is 6.59. The van der Waals surface area contributed by atoms with Crippen LogP contribution in [0.4, 0.5) is 0 Å². The van der Waals surface area contributed by atoms with Gasteiger partial charge in [0, 0.05) is 23.5 Å². The van der Waals surface area contributed by atoms with Gasteiger partial charge in [0.1, 0.15) is 0 Å². The first-order chi connectivity index (χ1) is 8.14. The highest BCUT2D eigenvalue weighted by Crippen LogP contribution is 2.39. The number of aryl methyl sites for hydroxylation is 1. The van der Waals surface area contributed by atoms with Gasteiger partial charge in [-0.05, 0) is 32.2 Å². The van der Waals surface area contributed by atoms with E-state index in [2.05, 4.69) is 36.6 Å². The molecule has 1 aromatic heterocycles. The molecule has 0 saturated heterocycles. The van der Waals surface area contributed by atoms with E-state index in [1.807, 2.05) is 0 Å². The topological polar surface area (TPSA) is 24.9 Å². The Morgan fingerprint density at radius 2 is 2.12 bits per heavy atom. The van der Waals surface area contributed by atoms with Gasteiger partial charge in [0.2, 0.25) is 0 Å². The Morgan fingerprint density at radius 3 is 2.65 bits per heavy atom. The molecule has 0 aromatic carbocycles. The number of aromatic nitrogens is 1. The highest BCUT2D eigenvalue weighted by Gasteiger charge is 2.34. The van der Waals surface area contributed by atoms with Crippen molar-refractivity contribution >= 4 is 11.3 Å². The molecule has 1 fully saturated rings. The predicted octanol–water partition coefficient (Wildman–Crippen LogP) is 3.55. The quantitative estimate of drug-likeness (QED) is 0.886. The van der Waals surface area contributed by atoms with Crippen LogP contribution in [0.2, 0.25) is 0 Å². The molecule has 96 valence electrons. The van der Waals surface area contributed by atoms with E-state index >= 15 is 0 Å². The van der Waals surface area contributed by atoms with E-state index in [9.17, 15) is 0 Å². The van der Waals surface area contributed by atoms with Gasteiger partial charge in [0.15, 0.2) is 0 Å². The van der Waals surface area contributed by atoms with Crippen molar-refractivity contribution in [2.24, 2.45) is 5.41 Å². The lowest BCUT2D eigenvalue weighted by Gasteiger charge is -2.40. The Hall–Kier alpha value is -0.410. The first-order valence-corrected chi connectivity index (χ1v) is 7.60. The third-order valence-electron chi connectivity index (χ3n) is 4.23. The summed E-state index contributed by atoms with van der Waals surface area (Å²) in [6, 6.07) is 0.577. The average molecular weight is 252 g/mol. The zero-order valence-electron chi connectivity index (χ0n) is 11.3. The van der Waals surface area contributed by atoms with Crippen molar-refractivity contribution in [3.05, 3.63) is 16.1 Å². The lowest BCUT2D eigenvalue weighted by molar-refractivity contribution is 0.149. The summed E-state index contributed by atoms with van der Waals surface area (Å²) >= 11 is 1.80. The van der Waals surface area contributed by atoms with Crippen molar-refractivity contribution in [2.45, 2.75) is 58.4 Å². The molecule has 1 saturated carbocycles. The molecule has 17 heavy (non-hydrogen) atoms. The molecular weight excluding hydrogens is 228 g/mol. The summed E-state index contributed by atoms with van der Waals surface area (Å²) in [5.74, 6) is 0. The molecule has 2 rings (SSSR count). The maximum atomic E-state index is 4.60. The van der Waals surface area contributed by atoms with Gasteiger partial charge in [-0.15, -0.1) is 11.3 Å². The number of thiazole rings is 1. The molecule has 1 aliphatic rings. The van der Waals surface area contributed by atoms with Gasteiger partial charge in [-0.25, -0.2) is 4.98 Å². The van der Waals surface area contributed by atoms with E-state index in [0.29, 0.717) is 11.5 Å². The molecule has 1 N–H and O–H groups in total. The van der Waals surface area contributed by atoms with Crippen molar-refractivity contribution in [2.75, 3.05) is 7.05 Å². The summed E-state index contributed by atoms with van der Waals surface area (Å²) in [6.45, 7) is 4.53. The molecule has 1 heterocycles. The zero-order chi connectivity index (χ0) is 12.3. The van der Waals surface area contributed by atoms with E-state index in [1.165, 1.54) is 37.1 Å². The minimum absolute atomic E-state index is 0.465. The van der Waals surface area contributed by atoms with E-state index in [0.717, 1.165) is 12.1 Å². The molecule has 0 bridgehead atoms. The van der Waals surface area contributed by atoms with Crippen molar-refractivity contribution in [3.8, 4) is 0 Å². The second-order valence-electron chi connectivity index (χ2n) is 5.64. The van der Waals surface area contributed by atoms with E-state index in [1.54, 1.807) is 11.3 Å². The summed E-state index contributed by atoms with van der Waals surface area (Å²) in [7, 11) is 2.10. The summed E-state index contributed by atoms with van der Waals surface area (Å²) < 4.78 is 0. The molecule has 3 heteroatoms. The SMILES string of the molecule is CNC(Cc1nc(C)cs1)C1(C)CCCCC1. The van der Waals surface area contributed by atoms with E-state index < -0.39 is 0 Å². The first-order valence-electron chi connectivity index (χ1n) is 6.72. The lowest BCUT2D eigenvalue weighted by atomic mass is 9.70. The van der Waals surface area contributed by atoms with Gasteiger partial charge in [-0.2, -0.15) is 0 Å². The average Bonchev–Trinajstić information content (AvgIpc) is 2.72. The molecule has 1 aromatic rings. The Bertz CT molecular complexity index is 353. The van der Waals surface area contributed by atoms with Crippen LogP contribution in [0.3, 0.4) is 0 Å². The van der Waals surface area contributed by atoms with Crippen molar-refractivity contribution in [3.63, 3.8) is 0 Å². The molecule has 0 spiro atoms. The van der Waals surface area contributed by atoms with Crippen molar-refractivity contribution in [1.29, 1.82) is 0 Å². The smallest absolute Gasteiger partial charge is 0.0943 e. The molecule has 1 unspecified atom stereocenters. The number of hydrogen-bond donors (Lipinski definition) is 1. The van der Waals surface area contributed by atoms with Crippen molar-refractivity contribution in [1.82, 2.24) is 10.3 Å². The lowest BCUT2D eigenvalue weighted by Crippen LogP contribution is -2.44. The van der Waals surface area contributed by atoms with E-state index in [4.69, 9.17) is 0 Å². The van der Waals surface area contributed by atoms with Crippen LogP contribution in [-0.2, 0) is 6.42 Å². The van der Waals surface area contributed by atoms with Gasteiger partial charge < -0.3 is 5.32 Å². The summed E-state index contributed by atoms with van der Waals surface area (Å²) in [6.07, 6.45) is 8.02. The fraction of sp³-hybridized carbons (Fsp3) is 0.786. The molecule has 1 aliphatic carbocycles. The summed E-state index contributed by atoms with van der Waals surface area (Å²) in [5.41, 5.74) is 1.63. The number of likely N-dealkylation sites (N-methyl/N-ethyl adjacent to an activating group) is 1. The molecule has 0 radical (unpaired) electrons. The highest BCUT2D eigenvalue weighted by atomic mass is 32.1. The second kappa shape index (κ2) is 5.49. The standard InChI is InChI=1S/C14H24N2S/c1-11-10-17-13(16-11)9-12(15-3)14(2)7-5-4-6-8-14/h10,12,15H,4-9H2,1-3H3. The monoisotopic (exact) mass is 252 g/mol. The van der Waals surface area contributed by atoms with Crippen LogP contribution in [0.1, 0.15) is 49.7 Å². The largest absolute Gasteiger partial charge is 0.316 e. The van der Waals surface area contributed by atoms with Crippen LogP contribution in [-0.4, -0.2) is 18.1 Å². The van der Waals surface area contributed by atoms with Crippen LogP contribution in [0.25, 0.3) is 0 Å². The third-order valence-corrected chi connectivity index (χ3v) is 5.22. The molecule has 2 nitrogen and oxygen atoms in total. The van der Waals surface area contributed by atoms with Gasteiger partial charge >= 0.3 is 0 Å². The molecule has 0 amide bonds. The molecule has 1 atom stereocenters. The number of nitrogens with zero attached hydrogens (tertiary/aromatic N) is 1. The zero-order valence-corrected chi connectivity index (χ0v) is 12.1. The highest BCUT2D eigenvalue weighted by molar-refractivity contribution is 7.09. The maximum absolute atomic E-state index is 4.60. The third kappa shape index (κ3) is 3.08. The maximum Gasteiger partial charge on any atom is 0.0943 e. The molecule has 0 aliphatic heterocycles. The number of nitrogens with one attached hydrogen (secondary N) is 1. The molecular formula is C14H24N2S. The summed E-state index contributed by atoms with van der Waals surface area (Å²) in [5, 5.41) is 6.98. The minimum atomic E-state index is 0.465. The Morgan fingerprint density at radius 1 is 1.41 bits per heavy atom. The van der Waals surface area contributed by atoms with Crippen LogP contribution < -0.4 is 5.32 Å². The fourth-order valence-electron chi connectivity index (χ4n) is 3.08. The summed E-state index contributed by atoms with van der Waals surface area (Å²) in [4.78, 5) is 4.60. The minimum Gasteiger partial charge on any atom is -0.316 e. The Balaban J connectivity index is 2.05. The van der Waals surface area contributed by atoms with Crippen LogP contribution >= 0.6 is 11.3 Å². The van der Waals surface area contributed by atoms with Crippen LogP contribution in [0.5, 0.6) is 0 Å².